The van der Waals surface area contributed by atoms with Crippen molar-refractivity contribution < 1.29 is 71.5 Å². The molecule has 55 heavy (non-hydrogen) atoms. The number of rotatable bonds is 41. The second-order valence-electron chi connectivity index (χ2n) is 10.1. The monoisotopic (exact) mass is 864 g/mol. The number of Topliss-reactive ketones (excluding diaryl/α,β-unsaturated/α-hetero) is 1. The van der Waals surface area contributed by atoms with E-state index in [2.05, 4.69) is 40.7 Å². The van der Waals surface area contributed by atoms with Gasteiger partial charge in [0.2, 0.25) is 0 Å². The molecule has 0 aromatic carbocycles. The number of hydrogen-bond donors (Lipinski definition) is 1. The van der Waals surface area contributed by atoms with Crippen LogP contribution in [0.15, 0.2) is 10.2 Å². The molecule has 0 aliphatic heterocycles. The smallest absolute Gasteiger partial charge is 0.306 e. The molecule has 0 saturated heterocycles. The molecule has 0 radical (unpaired) electrons. The summed E-state index contributed by atoms with van der Waals surface area (Å²) in [4.78, 5) is 26.3. The highest BCUT2D eigenvalue weighted by atomic mass is 79.9. The van der Waals surface area contributed by atoms with Gasteiger partial charge in [0, 0.05) is 34.7 Å². The maximum Gasteiger partial charge on any atom is 0.306 e. The summed E-state index contributed by atoms with van der Waals surface area (Å²) >= 11 is 3.12. The third-order valence-electron chi connectivity index (χ3n) is 5.58. The van der Waals surface area contributed by atoms with Crippen LogP contribution in [-0.2, 0) is 66.4 Å². The molecule has 1 N–H and O–H groups in total. The Morgan fingerprint density at radius 1 is 0.509 bits per heavy atom. The summed E-state index contributed by atoms with van der Waals surface area (Å²) in [5.74, 6) is -0.00890. The van der Waals surface area contributed by atoms with Crippen molar-refractivity contribution in [3.8, 4) is 0 Å². The maximum absolute atomic E-state index is 10.7. The third-order valence-corrected chi connectivity index (χ3v) is 5.98. The van der Waals surface area contributed by atoms with Gasteiger partial charge in [-0.05, 0) is 24.9 Å². The second kappa shape index (κ2) is 56.1. The van der Waals surface area contributed by atoms with E-state index < -0.39 is 0 Å². The van der Waals surface area contributed by atoms with E-state index in [0.29, 0.717) is 183 Å². The van der Waals surface area contributed by atoms with Crippen LogP contribution in [0, 0.1) is 0 Å². The van der Waals surface area contributed by atoms with Crippen molar-refractivity contribution in [1.82, 2.24) is 0 Å². The molecular weight excluding hydrogens is 800 g/mol. The first-order valence-electron chi connectivity index (χ1n) is 18.2. The lowest BCUT2D eigenvalue weighted by Gasteiger charge is -2.08. The van der Waals surface area contributed by atoms with Gasteiger partial charge >= 0.3 is 5.97 Å². The van der Waals surface area contributed by atoms with Crippen LogP contribution < -0.4 is 0 Å². The Hall–Kier alpha value is -2.24. The number of esters is 1. The van der Waals surface area contributed by atoms with Gasteiger partial charge in [0.1, 0.15) is 5.78 Å². The van der Waals surface area contributed by atoms with Gasteiger partial charge in [-0.15, -0.1) is 0 Å². The largest absolute Gasteiger partial charge is 0.466 e. The molecule has 0 unspecified atom stereocenters. The van der Waals surface area contributed by atoms with E-state index in [1.165, 1.54) is 0 Å². The van der Waals surface area contributed by atoms with Crippen molar-refractivity contribution in [3.63, 3.8) is 0 Å². The minimum Gasteiger partial charge on any atom is -0.466 e. The molecule has 0 saturated carbocycles. The zero-order valence-corrected chi connectivity index (χ0v) is 34.3. The minimum atomic E-state index is -0.135. The quantitative estimate of drug-likeness (QED) is 0.0231. The van der Waals surface area contributed by atoms with Crippen LogP contribution in [0.4, 0.5) is 0 Å². The average Bonchev–Trinajstić information content (AvgIpc) is 3.17. The Balaban J connectivity index is -0.000000832. The summed E-state index contributed by atoms with van der Waals surface area (Å²) in [5, 5.41) is 15.8. The molecule has 21 nitrogen and oxygen atoms in total. The van der Waals surface area contributed by atoms with Crippen molar-refractivity contribution in [1.29, 1.82) is 0 Å². The molecule has 0 spiro atoms. The highest BCUT2D eigenvalue weighted by Gasteiger charge is 1.98. The molecule has 0 fully saturated rings. The molecule has 0 rings (SSSR count). The van der Waals surface area contributed by atoms with Crippen molar-refractivity contribution in [2.75, 3.05) is 177 Å². The molecular formula is C33H65BrN6O15. The number of ketones is 1. The van der Waals surface area contributed by atoms with Crippen LogP contribution in [0.1, 0.15) is 26.7 Å². The Labute approximate surface area is 333 Å². The number of azide groups is 2. The summed E-state index contributed by atoms with van der Waals surface area (Å²) in [5.41, 5.74) is 16.1. The summed E-state index contributed by atoms with van der Waals surface area (Å²) in [7, 11) is 0. The third kappa shape index (κ3) is 64.0. The number of alkyl halides is 1. The summed E-state index contributed by atoms with van der Waals surface area (Å²) in [6, 6.07) is 0. The molecule has 0 aliphatic carbocycles. The molecule has 0 amide bonds. The standard InChI is InChI=1S/C16H31N3O7.C12H25N3O6.C5H9BrO2/c1-16(20)2-4-21-6-8-23-10-12-25-14-15-26-13-11-24-9-7-22-5-3-18-19-17;13-15-14-1-3-17-5-7-19-9-11-21-12-10-20-8-6-18-4-2-16;1-2-8-5(7)3-4-6/h2-15H2,1H3;16H,1-12H2;2-4H2,1H3. The molecule has 0 aromatic rings. The van der Waals surface area contributed by atoms with Gasteiger partial charge < -0.3 is 61.9 Å². The van der Waals surface area contributed by atoms with Crippen LogP contribution >= 0.6 is 15.9 Å². The lowest BCUT2D eigenvalue weighted by molar-refractivity contribution is -0.142. The van der Waals surface area contributed by atoms with Crippen molar-refractivity contribution in [2.45, 2.75) is 26.7 Å². The molecule has 0 aromatic heterocycles. The van der Waals surface area contributed by atoms with E-state index in [9.17, 15) is 9.59 Å². The molecule has 0 atom stereocenters. The molecule has 0 heterocycles. The van der Waals surface area contributed by atoms with Crippen molar-refractivity contribution in [3.05, 3.63) is 20.9 Å². The number of hydrogen-bond acceptors (Lipinski definition) is 17. The van der Waals surface area contributed by atoms with Crippen LogP contribution in [-0.4, -0.2) is 194 Å². The number of halogens is 1. The number of carbonyl (C=O) groups excluding carboxylic acids is 2. The van der Waals surface area contributed by atoms with Gasteiger partial charge in [0.25, 0.3) is 0 Å². The van der Waals surface area contributed by atoms with Crippen LogP contribution in [0.25, 0.3) is 20.9 Å². The number of nitrogens with zero attached hydrogens (tertiary/aromatic N) is 6. The van der Waals surface area contributed by atoms with Gasteiger partial charge in [0.15, 0.2) is 0 Å². The van der Waals surface area contributed by atoms with E-state index >= 15 is 0 Å². The lowest BCUT2D eigenvalue weighted by atomic mass is 10.3. The van der Waals surface area contributed by atoms with Crippen LogP contribution in [0.2, 0.25) is 0 Å². The number of ether oxygens (including phenoxy) is 12. The maximum atomic E-state index is 10.7. The Morgan fingerprint density at radius 2 is 0.800 bits per heavy atom. The van der Waals surface area contributed by atoms with E-state index in [0.717, 1.165) is 0 Å². The fraction of sp³-hybridized carbons (Fsp3) is 0.939. The van der Waals surface area contributed by atoms with E-state index in [-0.39, 0.29) is 18.4 Å². The molecule has 22 heteroatoms. The Morgan fingerprint density at radius 3 is 1.05 bits per heavy atom. The highest BCUT2D eigenvalue weighted by molar-refractivity contribution is 9.09. The lowest BCUT2D eigenvalue weighted by Crippen LogP contribution is -2.14. The SMILES string of the molecule is CC(=O)CCOCCOCCOCCOCCOCCOCCN=[N+]=[N-].CCOC(=O)CCBr.[N-]=[N+]=NCCOCCOCCOCCOCCOCCO. The van der Waals surface area contributed by atoms with Crippen LogP contribution in [0.5, 0.6) is 0 Å². The highest BCUT2D eigenvalue weighted by Crippen LogP contribution is 1.90. The van der Waals surface area contributed by atoms with Crippen molar-refractivity contribution in [2.24, 2.45) is 10.2 Å². The molecule has 324 valence electrons. The molecule has 0 bridgehead atoms. The Bertz CT molecular complexity index is 864. The predicted molar refractivity (Wildman–Crippen MR) is 204 cm³/mol. The van der Waals surface area contributed by atoms with Gasteiger partial charge in [-0.3, -0.25) is 9.59 Å². The van der Waals surface area contributed by atoms with Gasteiger partial charge in [-0.25, -0.2) is 0 Å². The van der Waals surface area contributed by atoms with Gasteiger partial charge in [-0.1, -0.05) is 26.2 Å². The zero-order chi connectivity index (χ0) is 41.0. The first-order valence-corrected chi connectivity index (χ1v) is 19.3. The zero-order valence-electron chi connectivity index (χ0n) is 32.7. The van der Waals surface area contributed by atoms with E-state index in [1.54, 1.807) is 13.8 Å². The summed E-state index contributed by atoms with van der Waals surface area (Å²) < 4.78 is 62.4. The van der Waals surface area contributed by atoms with Gasteiger partial charge in [-0.2, -0.15) is 0 Å². The second-order valence-corrected chi connectivity index (χ2v) is 10.9. The first kappa shape index (κ1) is 57.1. The predicted octanol–water partition coefficient (Wildman–Crippen LogP) is 3.08. The topological polar surface area (TPSA) is 263 Å². The summed E-state index contributed by atoms with van der Waals surface area (Å²) in [6.07, 6.45) is 0.911. The molecule has 0 aliphatic rings. The van der Waals surface area contributed by atoms with Gasteiger partial charge in [0.05, 0.1) is 165 Å². The van der Waals surface area contributed by atoms with Crippen molar-refractivity contribution >= 4 is 27.7 Å². The fourth-order valence-corrected chi connectivity index (χ4v) is 3.40. The minimum absolute atomic E-state index is 0.0297. The number of aliphatic hydroxyl groups excluding tert-OH is 1. The van der Waals surface area contributed by atoms with Crippen LogP contribution in [0.3, 0.4) is 0 Å². The first-order chi connectivity index (χ1) is 27.0. The van der Waals surface area contributed by atoms with E-state index in [4.69, 9.17) is 68.3 Å². The average molecular weight is 866 g/mol. The fourth-order valence-electron chi connectivity index (χ4n) is 3.07. The Kier molecular flexibility index (Phi) is 58.2. The summed E-state index contributed by atoms with van der Waals surface area (Å²) in [6.45, 7) is 15.0. The number of aliphatic hydroxyl groups is 1. The van der Waals surface area contributed by atoms with E-state index in [1.807, 2.05) is 0 Å². The number of carbonyl (C=O) groups is 2. The normalized spacial score (nSPS) is 10.3.